The van der Waals surface area contributed by atoms with E-state index in [1.807, 2.05) is 4.90 Å². The number of halogens is 1. The molecule has 8 nitrogen and oxygen atoms in total. The Morgan fingerprint density at radius 3 is 2.68 bits per heavy atom. The summed E-state index contributed by atoms with van der Waals surface area (Å²) in [6.07, 6.45) is 1.97. The van der Waals surface area contributed by atoms with Crippen LogP contribution in [0.5, 0.6) is 0 Å². The lowest BCUT2D eigenvalue weighted by atomic mass is 10.2. The molecule has 1 N–H and O–H groups in total. The molecule has 3 heterocycles. The van der Waals surface area contributed by atoms with Gasteiger partial charge in [-0.2, -0.15) is 5.10 Å². The molecule has 0 saturated carbocycles. The Bertz CT molecular complexity index is 761. The van der Waals surface area contributed by atoms with Crippen LogP contribution in [0.25, 0.3) is 0 Å². The van der Waals surface area contributed by atoms with E-state index in [4.69, 9.17) is 4.74 Å². The third kappa shape index (κ3) is 4.31. The van der Waals surface area contributed by atoms with Gasteiger partial charge in [0.15, 0.2) is 0 Å². The van der Waals surface area contributed by atoms with Crippen molar-refractivity contribution in [3.8, 4) is 0 Å². The van der Waals surface area contributed by atoms with Gasteiger partial charge in [-0.15, -0.1) is 0 Å². The number of morpholine rings is 1. The highest BCUT2D eigenvalue weighted by Gasteiger charge is 2.28. The van der Waals surface area contributed by atoms with Gasteiger partial charge in [-0.3, -0.25) is 14.8 Å². The Hall–Kier alpha value is -2.52. The van der Waals surface area contributed by atoms with Crippen LogP contribution in [0.3, 0.4) is 0 Å². The highest BCUT2D eigenvalue weighted by molar-refractivity contribution is 5.76. The minimum atomic E-state index is -0.232. The molecule has 2 aliphatic rings. The number of benzene rings is 1. The summed E-state index contributed by atoms with van der Waals surface area (Å²) in [6, 6.07) is 6.53. The Kier molecular flexibility index (Phi) is 5.82. The molecule has 2 saturated heterocycles. The van der Waals surface area contributed by atoms with E-state index in [2.05, 4.69) is 25.0 Å². The second-order valence-corrected chi connectivity index (χ2v) is 7.09. The Balaban J connectivity index is 1.27. The lowest BCUT2D eigenvalue weighted by Gasteiger charge is -2.37. The maximum absolute atomic E-state index is 13.1. The number of H-pyrrole nitrogens is 1. The predicted molar refractivity (Wildman–Crippen MR) is 101 cm³/mol. The molecule has 0 aliphatic carbocycles. The van der Waals surface area contributed by atoms with E-state index in [0.717, 1.165) is 31.1 Å². The van der Waals surface area contributed by atoms with E-state index in [1.54, 1.807) is 12.1 Å². The molecule has 2 aliphatic heterocycles. The number of ether oxygens (including phenoxy) is 1. The van der Waals surface area contributed by atoms with Gasteiger partial charge in [0, 0.05) is 51.4 Å². The maximum Gasteiger partial charge on any atom is 0.223 e. The molecular formula is C19H25FN6O2. The van der Waals surface area contributed by atoms with Crippen LogP contribution >= 0.6 is 0 Å². The standard InChI is InChI=1S/C19H25FN6O2/c20-15-1-3-16(4-2-15)24-7-9-26(10-8-24)18(27)5-6-25-11-12-28-13-17(25)19-21-14-22-23-19/h1-4,14,17H,5-13H2,(H,21,22,23). The number of carbonyl (C=O) groups excluding carboxylic acids is 1. The third-order valence-electron chi connectivity index (χ3n) is 5.43. The molecular weight excluding hydrogens is 363 g/mol. The van der Waals surface area contributed by atoms with Crippen LogP contribution in [0.15, 0.2) is 30.6 Å². The highest BCUT2D eigenvalue weighted by Crippen LogP contribution is 2.21. The lowest BCUT2D eigenvalue weighted by molar-refractivity contribution is -0.132. The van der Waals surface area contributed by atoms with Crippen LogP contribution in [-0.4, -0.2) is 83.4 Å². The van der Waals surface area contributed by atoms with E-state index in [9.17, 15) is 9.18 Å². The molecule has 1 amide bonds. The van der Waals surface area contributed by atoms with Crippen LogP contribution in [0.1, 0.15) is 18.3 Å². The molecule has 1 unspecified atom stereocenters. The molecule has 0 spiro atoms. The van der Waals surface area contributed by atoms with E-state index in [1.165, 1.54) is 18.5 Å². The summed E-state index contributed by atoms with van der Waals surface area (Å²) in [7, 11) is 0. The number of carbonyl (C=O) groups is 1. The van der Waals surface area contributed by atoms with Crippen molar-refractivity contribution in [3.05, 3.63) is 42.2 Å². The summed E-state index contributed by atoms with van der Waals surface area (Å²) in [4.78, 5) is 23.3. The first-order chi connectivity index (χ1) is 13.7. The first kappa shape index (κ1) is 18.8. The lowest BCUT2D eigenvalue weighted by Crippen LogP contribution is -2.49. The number of aromatic nitrogens is 3. The third-order valence-corrected chi connectivity index (χ3v) is 5.43. The second-order valence-electron chi connectivity index (χ2n) is 7.09. The van der Waals surface area contributed by atoms with Crippen molar-refractivity contribution >= 4 is 11.6 Å². The van der Waals surface area contributed by atoms with E-state index in [0.29, 0.717) is 39.3 Å². The first-order valence-corrected chi connectivity index (χ1v) is 9.66. The summed E-state index contributed by atoms with van der Waals surface area (Å²) in [5.74, 6) is 0.714. The molecule has 1 aromatic carbocycles. The van der Waals surface area contributed by atoms with E-state index < -0.39 is 0 Å². The molecule has 0 bridgehead atoms. The Morgan fingerprint density at radius 1 is 1.18 bits per heavy atom. The molecule has 0 radical (unpaired) electrons. The fraction of sp³-hybridized carbons (Fsp3) is 0.526. The fourth-order valence-corrected chi connectivity index (χ4v) is 3.80. The number of anilines is 1. The van der Waals surface area contributed by atoms with Crippen molar-refractivity contribution in [2.75, 3.05) is 57.4 Å². The number of amides is 1. The minimum absolute atomic E-state index is 0.0133. The van der Waals surface area contributed by atoms with Crippen molar-refractivity contribution < 1.29 is 13.9 Å². The summed E-state index contributed by atoms with van der Waals surface area (Å²) < 4.78 is 18.7. The van der Waals surface area contributed by atoms with Crippen LogP contribution in [-0.2, 0) is 9.53 Å². The van der Waals surface area contributed by atoms with E-state index in [-0.39, 0.29) is 17.8 Å². The van der Waals surface area contributed by atoms with Crippen LogP contribution in [0, 0.1) is 5.82 Å². The van der Waals surface area contributed by atoms with E-state index >= 15 is 0 Å². The van der Waals surface area contributed by atoms with Crippen molar-refractivity contribution in [1.29, 1.82) is 0 Å². The zero-order valence-electron chi connectivity index (χ0n) is 15.8. The van der Waals surface area contributed by atoms with Gasteiger partial charge in [-0.25, -0.2) is 9.37 Å². The Morgan fingerprint density at radius 2 is 1.96 bits per heavy atom. The molecule has 4 rings (SSSR count). The number of piperazine rings is 1. The van der Waals surface area contributed by atoms with Gasteiger partial charge in [-0.1, -0.05) is 0 Å². The van der Waals surface area contributed by atoms with Crippen molar-refractivity contribution in [1.82, 2.24) is 25.0 Å². The van der Waals surface area contributed by atoms with Gasteiger partial charge in [0.05, 0.1) is 19.3 Å². The maximum atomic E-state index is 13.1. The highest BCUT2D eigenvalue weighted by atomic mass is 19.1. The zero-order chi connectivity index (χ0) is 19.3. The quantitative estimate of drug-likeness (QED) is 0.825. The number of hydrogen-bond donors (Lipinski definition) is 1. The monoisotopic (exact) mass is 388 g/mol. The van der Waals surface area contributed by atoms with Crippen molar-refractivity contribution in [2.45, 2.75) is 12.5 Å². The van der Waals surface area contributed by atoms with Gasteiger partial charge in [0.25, 0.3) is 0 Å². The van der Waals surface area contributed by atoms with Gasteiger partial charge in [-0.05, 0) is 24.3 Å². The summed E-state index contributed by atoms with van der Waals surface area (Å²) >= 11 is 0. The van der Waals surface area contributed by atoms with Gasteiger partial charge in [0.1, 0.15) is 18.0 Å². The van der Waals surface area contributed by atoms with Crippen LogP contribution < -0.4 is 4.90 Å². The normalized spacial score (nSPS) is 21.1. The fourth-order valence-electron chi connectivity index (χ4n) is 3.80. The van der Waals surface area contributed by atoms with Gasteiger partial charge in [0.2, 0.25) is 5.91 Å². The molecule has 2 aromatic rings. The van der Waals surface area contributed by atoms with Gasteiger partial charge < -0.3 is 14.5 Å². The number of aromatic amines is 1. The topological polar surface area (TPSA) is 77.6 Å². The van der Waals surface area contributed by atoms with Gasteiger partial charge >= 0.3 is 0 Å². The van der Waals surface area contributed by atoms with Crippen LogP contribution in [0.4, 0.5) is 10.1 Å². The molecule has 9 heteroatoms. The zero-order valence-corrected chi connectivity index (χ0v) is 15.8. The molecule has 1 atom stereocenters. The molecule has 150 valence electrons. The summed E-state index contributed by atoms with van der Waals surface area (Å²) in [5.41, 5.74) is 0.997. The number of hydrogen-bond acceptors (Lipinski definition) is 6. The van der Waals surface area contributed by atoms with Crippen molar-refractivity contribution in [2.24, 2.45) is 0 Å². The minimum Gasteiger partial charge on any atom is -0.378 e. The molecule has 1 aromatic heterocycles. The summed E-state index contributed by atoms with van der Waals surface area (Å²) in [6.45, 7) is 5.55. The predicted octanol–water partition coefficient (Wildman–Crippen LogP) is 1.06. The Labute approximate surface area is 163 Å². The average molecular weight is 388 g/mol. The number of nitrogens with zero attached hydrogens (tertiary/aromatic N) is 5. The number of rotatable bonds is 5. The smallest absolute Gasteiger partial charge is 0.223 e. The summed E-state index contributed by atoms with van der Waals surface area (Å²) in [5, 5.41) is 6.82. The average Bonchev–Trinajstić information content (AvgIpc) is 3.28. The SMILES string of the molecule is O=C(CCN1CCOCC1c1ncn[nH]1)N1CCN(c2ccc(F)cc2)CC1. The molecule has 28 heavy (non-hydrogen) atoms. The van der Waals surface area contributed by atoms with Crippen molar-refractivity contribution in [3.63, 3.8) is 0 Å². The second kappa shape index (κ2) is 8.66. The van der Waals surface area contributed by atoms with Crippen LogP contribution in [0.2, 0.25) is 0 Å². The largest absolute Gasteiger partial charge is 0.378 e. The first-order valence-electron chi connectivity index (χ1n) is 9.66. The molecule has 2 fully saturated rings. The number of nitrogens with one attached hydrogen (secondary N) is 1.